The molecule has 1 saturated heterocycles. The van der Waals surface area contributed by atoms with Gasteiger partial charge in [0.15, 0.2) is 5.60 Å². The molecule has 1 aliphatic rings. The average Bonchev–Trinajstić information content (AvgIpc) is 2.38. The maximum absolute atomic E-state index is 13.0. The minimum atomic E-state index is -4.45. The predicted molar refractivity (Wildman–Crippen MR) is 64.9 cm³/mol. The summed E-state index contributed by atoms with van der Waals surface area (Å²) in [5.74, 6) is 0. The van der Waals surface area contributed by atoms with Crippen molar-refractivity contribution in [3.63, 3.8) is 0 Å². The molecule has 112 valence electrons. The van der Waals surface area contributed by atoms with Crippen molar-refractivity contribution in [3.05, 3.63) is 27.0 Å². The van der Waals surface area contributed by atoms with E-state index in [2.05, 4.69) is 9.72 Å². The van der Waals surface area contributed by atoms with E-state index in [9.17, 15) is 22.8 Å². The summed E-state index contributed by atoms with van der Waals surface area (Å²) in [7, 11) is 1.04. The number of nitrogens with one attached hydrogen (secondary N) is 2. The van der Waals surface area contributed by atoms with E-state index in [1.165, 1.54) is 11.1 Å². The lowest BCUT2D eigenvalue weighted by Crippen LogP contribution is -2.55. The lowest BCUT2D eigenvalue weighted by Gasteiger charge is -2.42. The van der Waals surface area contributed by atoms with E-state index < -0.39 is 23.0 Å². The Bertz CT molecular complexity index is 585. The van der Waals surface area contributed by atoms with Gasteiger partial charge >= 0.3 is 11.9 Å². The minimum Gasteiger partial charge on any atom is -0.369 e. The lowest BCUT2D eigenvalue weighted by atomic mass is 9.90. The first kappa shape index (κ1) is 14.6. The molecule has 1 fully saturated rings. The number of piperidine rings is 1. The molecule has 2 N–H and O–H groups in total. The predicted octanol–water partition coefficient (Wildman–Crippen LogP) is 0.611. The van der Waals surface area contributed by atoms with Crippen LogP contribution < -0.4 is 16.1 Å². The maximum atomic E-state index is 13.0. The first-order valence-electron chi connectivity index (χ1n) is 5.98. The van der Waals surface area contributed by atoms with E-state index >= 15 is 0 Å². The Balaban J connectivity index is 2.19. The van der Waals surface area contributed by atoms with Gasteiger partial charge in [-0.2, -0.15) is 13.2 Å². The van der Waals surface area contributed by atoms with Gasteiger partial charge in [0.25, 0.3) is 5.56 Å². The molecule has 20 heavy (non-hydrogen) atoms. The molecule has 0 atom stereocenters. The highest BCUT2D eigenvalue weighted by atomic mass is 19.4. The van der Waals surface area contributed by atoms with E-state index in [4.69, 9.17) is 0 Å². The fourth-order valence-electron chi connectivity index (χ4n) is 2.35. The van der Waals surface area contributed by atoms with Crippen LogP contribution in [0.15, 0.2) is 15.8 Å². The Morgan fingerprint density at radius 1 is 1.30 bits per heavy atom. The number of anilines is 1. The second-order valence-corrected chi connectivity index (χ2v) is 4.64. The monoisotopic (exact) mass is 293 g/mol. The van der Waals surface area contributed by atoms with Crippen LogP contribution in [0.3, 0.4) is 0 Å². The van der Waals surface area contributed by atoms with E-state index in [-0.39, 0.29) is 31.6 Å². The molecule has 0 aromatic carbocycles. The molecule has 9 heteroatoms. The van der Waals surface area contributed by atoms with Crippen LogP contribution in [0.1, 0.15) is 12.8 Å². The number of hydrogen-bond donors (Lipinski definition) is 2. The van der Waals surface area contributed by atoms with Gasteiger partial charge in [0.1, 0.15) is 5.69 Å². The van der Waals surface area contributed by atoms with E-state index in [0.717, 1.165) is 7.11 Å². The van der Waals surface area contributed by atoms with Crippen molar-refractivity contribution in [1.82, 2.24) is 9.97 Å². The molecule has 2 heterocycles. The average molecular weight is 293 g/mol. The smallest absolute Gasteiger partial charge is 0.369 e. The molecule has 1 aromatic heterocycles. The third kappa shape index (κ3) is 2.45. The Hall–Kier alpha value is -1.77. The number of halogens is 3. The van der Waals surface area contributed by atoms with Gasteiger partial charge in [0.05, 0.1) is 0 Å². The van der Waals surface area contributed by atoms with E-state index in [0.29, 0.717) is 0 Å². The Morgan fingerprint density at radius 2 is 1.90 bits per heavy atom. The zero-order valence-electron chi connectivity index (χ0n) is 10.7. The van der Waals surface area contributed by atoms with Crippen molar-refractivity contribution in [3.8, 4) is 0 Å². The van der Waals surface area contributed by atoms with Gasteiger partial charge < -0.3 is 14.6 Å². The molecule has 1 aliphatic heterocycles. The first-order chi connectivity index (χ1) is 9.29. The number of aromatic nitrogens is 2. The number of ether oxygens (including phenoxy) is 1. The second kappa shape index (κ2) is 4.97. The molecular weight excluding hydrogens is 279 g/mol. The summed E-state index contributed by atoms with van der Waals surface area (Å²) in [4.78, 5) is 28.3. The van der Waals surface area contributed by atoms with Crippen molar-refractivity contribution < 1.29 is 17.9 Å². The van der Waals surface area contributed by atoms with Crippen LogP contribution in [0.4, 0.5) is 18.9 Å². The number of hydrogen-bond acceptors (Lipinski definition) is 4. The third-order valence-corrected chi connectivity index (χ3v) is 3.62. The molecule has 2 rings (SSSR count). The highest BCUT2D eigenvalue weighted by Gasteiger charge is 2.56. The standard InChI is InChI=1S/C11H14F3N3O3/c1-20-10(11(12,13)14)2-4-17(5-3-10)7-6-15-9(19)16-8(7)18/h6H,2-5H2,1H3,(H2,15,16,18,19). The first-order valence-corrected chi connectivity index (χ1v) is 5.98. The molecule has 6 nitrogen and oxygen atoms in total. The van der Waals surface area contributed by atoms with Crippen molar-refractivity contribution >= 4 is 5.69 Å². The van der Waals surface area contributed by atoms with E-state index in [1.807, 2.05) is 4.98 Å². The fraction of sp³-hybridized carbons (Fsp3) is 0.636. The largest absolute Gasteiger partial charge is 0.417 e. The molecule has 0 aliphatic carbocycles. The van der Waals surface area contributed by atoms with Crippen LogP contribution in [0.25, 0.3) is 0 Å². The number of aromatic amines is 2. The quantitative estimate of drug-likeness (QED) is 0.837. The second-order valence-electron chi connectivity index (χ2n) is 4.64. The van der Waals surface area contributed by atoms with Gasteiger partial charge in [-0.1, -0.05) is 0 Å². The van der Waals surface area contributed by atoms with Gasteiger partial charge in [-0.3, -0.25) is 9.78 Å². The normalized spacial score (nSPS) is 19.1. The summed E-state index contributed by atoms with van der Waals surface area (Å²) in [5.41, 5.74) is -3.29. The molecule has 0 unspecified atom stereocenters. The zero-order chi connectivity index (χ0) is 15.0. The lowest BCUT2D eigenvalue weighted by molar-refractivity contribution is -0.276. The molecule has 1 aromatic rings. The summed E-state index contributed by atoms with van der Waals surface area (Å²) >= 11 is 0. The summed E-state index contributed by atoms with van der Waals surface area (Å²) in [6.07, 6.45) is -3.79. The minimum absolute atomic E-state index is 0.0163. The zero-order valence-corrected chi connectivity index (χ0v) is 10.7. The van der Waals surface area contributed by atoms with Crippen LogP contribution in [0, 0.1) is 0 Å². The SMILES string of the molecule is COC1(C(F)(F)F)CCN(c2c[nH]c(=O)[nH]c2=O)CC1. The van der Waals surface area contributed by atoms with Crippen molar-refractivity contribution in [1.29, 1.82) is 0 Å². The topological polar surface area (TPSA) is 78.2 Å². The Labute approximate surface area is 111 Å². The molecule has 0 radical (unpaired) electrons. The third-order valence-electron chi connectivity index (χ3n) is 3.62. The van der Waals surface area contributed by atoms with Gasteiger partial charge in [0, 0.05) is 39.2 Å². The molecule has 0 saturated carbocycles. The summed E-state index contributed by atoms with van der Waals surface area (Å²) in [5, 5.41) is 0. The van der Waals surface area contributed by atoms with Gasteiger partial charge in [-0.05, 0) is 0 Å². The number of rotatable bonds is 2. The number of methoxy groups -OCH3 is 1. The summed E-state index contributed by atoms with van der Waals surface area (Å²) in [6.45, 7) is 0.0327. The van der Waals surface area contributed by atoms with Crippen LogP contribution >= 0.6 is 0 Å². The van der Waals surface area contributed by atoms with Gasteiger partial charge in [-0.15, -0.1) is 0 Å². The van der Waals surface area contributed by atoms with E-state index in [1.54, 1.807) is 0 Å². The van der Waals surface area contributed by atoms with Crippen molar-refractivity contribution in [2.24, 2.45) is 0 Å². The maximum Gasteiger partial charge on any atom is 0.417 e. The van der Waals surface area contributed by atoms with Crippen molar-refractivity contribution in [2.45, 2.75) is 24.6 Å². The van der Waals surface area contributed by atoms with Gasteiger partial charge in [-0.25, -0.2) is 4.79 Å². The number of H-pyrrole nitrogens is 2. The Morgan fingerprint density at radius 3 is 2.35 bits per heavy atom. The molecule has 0 bridgehead atoms. The fourth-order valence-corrected chi connectivity index (χ4v) is 2.35. The van der Waals surface area contributed by atoms with Crippen LogP contribution in [-0.4, -0.2) is 41.9 Å². The van der Waals surface area contributed by atoms with Crippen LogP contribution in [-0.2, 0) is 4.74 Å². The molecule has 0 amide bonds. The van der Waals surface area contributed by atoms with Crippen LogP contribution in [0.5, 0.6) is 0 Å². The van der Waals surface area contributed by atoms with Gasteiger partial charge in [0.2, 0.25) is 0 Å². The number of alkyl halides is 3. The Kier molecular flexibility index (Phi) is 3.63. The summed E-state index contributed by atoms with van der Waals surface area (Å²) in [6, 6.07) is 0. The molecule has 0 spiro atoms. The highest BCUT2D eigenvalue weighted by Crippen LogP contribution is 2.41. The van der Waals surface area contributed by atoms with Crippen LogP contribution in [0.2, 0.25) is 0 Å². The molecular formula is C11H14F3N3O3. The number of nitrogens with zero attached hydrogens (tertiary/aromatic N) is 1. The van der Waals surface area contributed by atoms with Crippen molar-refractivity contribution in [2.75, 3.05) is 25.1 Å². The summed E-state index contributed by atoms with van der Waals surface area (Å²) < 4.78 is 43.7. The highest BCUT2D eigenvalue weighted by molar-refractivity contribution is 5.42.